The van der Waals surface area contributed by atoms with Crippen molar-refractivity contribution in [1.82, 2.24) is 9.97 Å². The van der Waals surface area contributed by atoms with Crippen molar-refractivity contribution in [2.75, 3.05) is 11.9 Å². The van der Waals surface area contributed by atoms with E-state index in [1.54, 1.807) is 6.92 Å². The van der Waals surface area contributed by atoms with Crippen molar-refractivity contribution >= 4 is 5.82 Å². The van der Waals surface area contributed by atoms with E-state index in [0.29, 0.717) is 18.8 Å². The van der Waals surface area contributed by atoms with Crippen molar-refractivity contribution in [2.45, 2.75) is 25.9 Å². The summed E-state index contributed by atoms with van der Waals surface area (Å²) in [5.74, 6) is 0.411. The van der Waals surface area contributed by atoms with Gasteiger partial charge in [0, 0.05) is 18.9 Å². The molecule has 15 heavy (non-hydrogen) atoms. The Morgan fingerprint density at radius 2 is 2.20 bits per heavy atom. The zero-order valence-corrected chi connectivity index (χ0v) is 8.86. The highest BCUT2D eigenvalue weighted by Gasteiger charge is 2.17. The first-order valence-corrected chi connectivity index (χ1v) is 4.76. The van der Waals surface area contributed by atoms with Crippen molar-refractivity contribution < 1.29 is 5.11 Å². The SMILES string of the molecule is CCC(C)(O)CNc1nccnc1C#N. The Balaban J connectivity index is 2.70. The molecule has 80 valence electrons. The second-order valence-corrected chi connectivity index (χ2v) is 3.57. The molecule has 0 spiro atoms. The topological polar surface area (TPSA) is 81.8 Å². The summed E-state index contributed by atoms with van der Waals surface area (Å²) in [7, 11) is 0. The monoisotopic (exact) mass is 206 g/mol. The van der Waals surface area contributed by atoms with Gasteiger partial charge in [0.05, 0.1) is 5.60 Å². The van der Waals surface area contributed by atoms with Crippen LogP contribution < -0.4 is 5.32 Å². The summed E-state index contributed by atoms with van der Waals surface area (Å²) in [5.41, 5.74) is -0.561. The van der Waals surface area contributed by atoms with Crippen LogP contribution in [0.25, 0.3) is 0 Å². The molecule has 5 heteroatoms. The average Bonchev–Trinajstić information content (AvgIpc) is 2.27. The van der Waals surface area contributed by atoms with Gasteiger partial charge in [0.2, 0.25) is 0 Å². The van der Waals surface area contributed by atoms with E-state index >= 15 is 0 Å². The van der Waals surface area contributed by atoms with Crippen LogP contribution in [0.2, 0.25) is 0 Å². The number of rotatable bonds is 4. The Morgan fingerprint density at radius 3 is 2.80 bits per heavy atom. The van der Waals surface area contributed by atoms with E-state index in [-0.39, 0.29) is 5.69 Å². The molecule has 1 aromatic rings. The molecular formula is C10H14N4O. The third-order valence-corrected chi connectivity index (χ3v) is 2.20. The van der Waals surface area contributed by atoms with Crippen LogP contribution >= 0.6 is 0 Å². The van der Waals surface area contributed by atoms with Crippen LogP contribution in [0.3, 0.4) is 0 Å². The summed E-state index contributed by atoms with van der Waals surface area (Å²) in [4.78, 5) is 7.84. The molecule has 2 N–H and O–H groups in total. The van der Waals surface area contributed by atoms with Crippen LogP contribution in [0.5, 0.6) is 0 Å². The molecule has 0 aliphatic carbocycles. The van der Waals surface area contributed by atoms with Crippen LogP contribution in [0.15, 0.2) is 12.4 Å². The van der Waals surface area contributed by atoms with Crippen LogP contribution in [-0.2, 0) is 0 Å². The van der Waals surface area contributed by atoms with E-state index in [9.17, 15) is 5.11 Å². The van der Waals surface area contributed by atoms with Crippen molar-refractivity contribution in [3.8, 4) is 6.07 Å². The number of anilines is 1. The highest BCUT2D eigenvalue weighted by Crippen LogP contribution is 2.12. The Labute approximate surface area is 88.8 Å². The van der Waals surface area contributed by atoms with Crippen LogP contribution in [-0.4, -0.2) is 27.2 Å². The molecule has 0 aromatic carbocycles. The lowest BCUT2D eigenvalue weighted by Crippen LogP contribution is -2.32. The highest BCUT2D eigenvalue weighted by molar-refractivity contribution is 5.46. The molecule has 0 amide bonds. The number of aromatic nitrogens is 2. The number of nitrogens with zero attached hydrogens (tertiary/aromatic N) is 3. The minimum atomic E-state index is -0.801. The third kappa shape index (κ3) is 3.18. The van der Waals surface area contributed by atoms with E-state index in [0.717, 1.165) is 0 Å². The number of nitrogens with one attached hydrogen (secondary N) is 1. The lowest BCUT2D eigenvalue weighted by atomic mass is 10.0. The summed E-state index contributed by atoms with van der Waals surface area (Å²) in [6.45, 7) is 3.96. The van der Waals surface area contributed by atoms with Gasteiger partial charge in [0.15, 0.2) is 11.5 Å². The van der Waals surface area contributed by atoms with Gasteiger partial charge in [-0.3, -0.25) is 0 Å². The normalized spacial score (nSPS) is 14.0. The highest BCUT2D eigenvalue weighted by atomic mass is 16.3. The minimum Gasteiger partial charge on any atom is -0.388 e. The van der Waals surface area contributed by atoms with Crippen molar-refractivity contribution in [1.29, 1.82) is 5.26 Å². The minimum absolute atomic E-state index is 0.240. The zero-order chi connectivity index (χ0) is 11.3. The van der Waals surface area contributed by atoms with E-state index in [2.05, 4.69) is 15.3 Å². The maximum atomic E-state index is 9.75. The fourth-order valence-corrected chi connectivity index (χ4v) is 0.948. The first-order valence-electron chi connectivity index (χ1n) is 4.76. The zero-order valence-electron chi connectivity index (χ0n) is 8.86. The Hall–Kier alpha value is -1.67. The fourth-order valence-electron chi connectivity index (χ4n) is 0.948. The van der Waals surface area contributed by atoms with E-state index in [1.807, 2.05) is 13.0 Å². The van der Waals surface area contributed by atoms with Gasteiger partial charge in [-0.05, 0) is 13.3 Å². The van der Waals surface area contributed by atoms with E-state index in [1.165, 1.54) is 12.4 Å². The molecule has 1 rings (SSSR count). The first-order chi connectivity index (χ1) is 7.09. The third-order valence-electron chi connectivity index (χ3n) is 2.20. The molecule has 0 aliphatic rings. The molecule has 1 aromatic heterocycles. The number of nitriles is 1. The molecule has 0 aliphatic heterocycles. The van der Waals surface area contributed by atoms with E-state index in [4.69, 9.17) is 5.26 Å². The van der Waals surface area contributed by atoms with Gasteiger partial charge in [0.25, 0.3) is 0 Å². The number of aliphatic hydroxyl groups is 1. The van der Waals surface area contributed by atoms with Crippen LogP contribution in [0, 0.1) is 11.3 Å². The summed E-state index contributed by atoms with van der Waals surface area (Å²) in [5, 5.41) is 21.4. The second kappa shape index (κ2) is 4.71. The summed E-state index contributed by atoms with van der Waals surface area (Å²) in [6, 6.07) is 1.93. The number of hydrogen-bond donors (Lipinski definition) is 2. The molecule has 0 saturated heterocycles. The van der Waals surface area contributed by atoms with Crippen molar-refractivity contribution in [3.05, 3.63) is 18.1 Å². The molecule has 0 bridgehead atoms. The lowest BCUT2D eigenvalue weighted by molar-refractivity contribution is 0.0696. The van der Waals surface area contributed by atoms with E-state index < -0.39 is 5.60 Å². The predicted molar refractivity (Wildman–Crippen MR) is 56.2 cm³/mol. The summed E-state index contributed by atoms with van der Waals surface area (Å²) >= 11 is 0. The molecule has 1 unspecified atom stereocenters. The summed E-state index contributed by atoms with van der Waals surface area (Å²) in [6.07, 6.45) is 3.59. The molecule has 0 saturated carbocycles. The van der Waals surface area contributed by atoms with Gasteiger partial charge in [-0.15, -0.1) is 0 Å². The molecule has 5 nitrogen and oxygen atoms in total. The quantitative estimate of drug-likeness (QED) is 0.765. The van der Waals surface area contributed by atoms with Crippen molar-refractivity contribution in [2.24, 2.45) is 0 Å². The van der Waals surface area contributed by atoms with Crippen molar-refractivity contribution in [3.63, 3.8) is 0 Å². The first kappa shape index (κ1) is 11.4. The standard InChI is InChI=1S/C10H14N4O/c1-3-10(2,15)7-14-9-8(6-11)12-4-5-13-9/h4-5,15H,3,7H2,1-2H3,(H,13,14). The van der Waals surface area contributed by atoms with Gasteiger partial charge in [0.1, 0.15) is 6.07 Å². The maximum Gasteiger partial charge on any atom is 0.182 e. The Bertz CT molecular complexity index is 370. The van der Waals surface area contributed by atoms with Crippen LogP contribution in [0.4, 0.5) is 5.82 Å². The summed E-state index contributed by atoms with van der Waals surface area (Å²) < 4.78 is 0. The molecular weight excluding hydrogens is 192 g/mol. The fraction of sp³-hybridized carbons (Fsp3) is 0.500. The number of hydrogen-bond acceptors (Lipinski definition) is 5. The second-order valence-electron chi connectivity index (χ2n) is 3.57. The molecule has 0 fully saturated rings. The van der Waals surface area contributed by atoms with Gasteiger partial charge < -0.3 is 10.4 Å². The molecule has 1 atom stereocenters. The smallest absolute Gasteiger partial charge is 0.182 e. The molecule has 0 radical (unpaired) electrons. The van der Waals surface area contributed by atoms with Gasteiger partial charge in [-0.25, -0.2) is 9.97 Å². The Kier molecular flexibility index (Phi) is 3.58. The average molecular weight is 206 g/mol. The van der Waals surface area contributed by atoms with Crippen LogP contribution in [0.1, 0.15) is 26.0 Å². The van der Waals surface area contributed by atoms with Gasteiger partial charge in [-0.1, -0.05) is 6.92 Å². The lowest BCUT2D eigenvalue weighted by Gasteiger charge is -2.21. The van der Waals surface area contributed by atoms with Gasteiger partial charge >= 0.3 is 0 Å². The largest absolute Gasteiger partial charge is 0.388 e. The predicted octanol–water partition coefficient (Wildman–Crippen LogP) is 0.921. The van der Waals surface area contributed by atoms with Gasteiger partial charge in [-0.2, -0.15) is 5.26 Å². The Morgan fingerprint density at radius 1 is 1.53 bits per heavy atom. The maximum absolute atomic E-state index is 9.75. The molecule has 1 heterocycles.